The molecule has 0 unspecified atom stereocenters. The normalized spacial score (nSPS) is 19.8. The van der Waals surface area contributed by atoms with Crippen molar-refractivity contribution in [2.45, 2.75) is 44.8 Å². The third-order valence-electron chi connectivity index (χ3n) is 3.29. The number of carbonyl (C=O) groups excluding carboxylic acids is 2. The van der Waals surface area contributed by atoms with Gasteiger partial charge in [0.1, 0.15) is 5.60 Å². The highest BCUT2D eigenvalue weighted by Gasteiger charge is 2.62. The molecule has 2 aliphatic rings. The van der Waals surface area contributed by atoms with Crippen molar-refractivity contribution in [2.75, 3.05) is 0 Å². The SMILES string of the molecule is CC(C)(C)OC(=O)N1C(=O)c2cc(Br)sc2C12CC2. The van der Waals surface area contributed by atoms with Gasteiger partial charge in [-0.3, -0.25) is 4.79 Å². The molecule has 19 heavy (non-hydrogen) atoms. The summed E-state index contributed by atoms with van der Waals surface area (Å²) in [7, 11) is 0. The van der Waals surface area contributed by atoms with Gasteiger partial charge in [0.15, 0.2) is 0 Å². The molecular formula is C13H14BrNO3S. The van der Waals surface area contributed by atoms with Crippen molar-refractivity contribution in [3.63, 3.8) is 0 Å². The van der Waals surface area contributed by atoms with Gasteiger partial charge in [-0.2, -0.15) is 0 Å². The number of hydrogen-bond acceptors (Lipinski definition) is 4. The van der Waals surface area contributed by atoms with Crippen LogP contribution in [0.2, 0.25) is 0 Å². The summed E-state index contributed by atoms with van der Waals surface area (Å²) in [4.78, 5) is 27.0. The maximum atomic E-state index is 12.4. The Morgan fingerprint density at radius 2 is 2.11 bits per heavy atom. The number of halogens is 1. The highest BCUT2D eigenvalue weighted by molar-refractivity contribution is 9.11. The van der Waals surface area contributed by atoms with Gasteiger partial charge in [0.25, 0.3) is 5.91 Å². The average Bonchev–Trinajstić information content (AvgIpc) is 2.87. The Morgan fingerprint density at radius 3 is 2.63 bits per heavy atom. The maximum absolute atomic E-state index is 12.4. The summed E-state index contributed by atoms with van der Waals surface area (Å²) < 4.78 is 6.29. The number of imide groups is 1. The minimum atomic E-state index is -0.593. The molecule has 2 amide bonds. The topological polar surface area (TPSA) is 46.6 Å². The first kappa shape index (κ1) is 13.1. The van der Waals surface area contributed by atoms with E-state index in [1.807, 2.05) is 0 Å². The minimum Gasteiger partial charge on any atom is -0.443 e. The van der Waals surface area contributed by atoms with Crippen LogP contribution in [0.1, 0.15) is 48.8 Å². The van der Waals surface area contributed by atoms with E-state index in [4.69, 9.17) is 4.74 Å². The molecule has 1 aromatic rings. The van der Waals surface area contributed by atoms with Crippen LogP contribution in [0.5, 0.6) is 0 Å². The first-order valence-electron chi connectivity index (χ1n) is 6.12. The smallest absolute Gasteiger partial charge is 0.418 e. The van der Waals surface area contributed by atoms with E-state index in [2.05, 4.69) is 15.9 Å². The molecule has 0 saturated heterocycles. The van der Waals surface area contributed by atoms with Crippen molar-refractivity contribution in [3.8, 4) is 0 Å². The van der Waals surface area contributed by atoms with Crippen LogP contribution in [0.3, 0.4) is 0 Å². The lowest BCUT2D eigenvalue weighted by Gasteiger charge is -2.27. The Balaban J connectivity index is 1.96. The Labute approximate surface area is 123 Å². The summed E-state index contributed by atoms with van der Waals surface area (Å²) in [6.45, 7) is 5.41. The number of thiophene rings is 1. The molecule has 1 aliphatic carbocycles. The number of hydrogen-bond donors (Lipinski definition) is 0. The van der Waals surface area contributed by atoms with E-state index in [-0.39, 0.29) is 5.91 Å². The monoisotopic (exact) mass is 343 g/mol. The van der Waals surface area contributed by atoms with Crippen LogP contribution in [-0.4, -0.2) is 22.5 Å². The summed E-state index contributed by atoms with van der Waals surface area (Å²) in [5.74, 6) is -0.233. The molecule has 2 heterocycles. The summed E-state index contributed by atoms with van der Waals surface area (Å²) >= 11 is 4.94. The predicted octanol–water partition coefficient (Wildman–Crippen LogP) is 3.89. The van der Waals surface area contributed by atoms with Gasteiger partial charge in [-0.25, -0.2) is 9.69 Å². The Bertz CT molecular complexity index is 583. The standard InChI is InChI=1S/C13H14BrNO3S/c1-12(2,3)18-11(17)15-10(16)7-6-8(14)19-9(7)13(15)4-5-13/h6H,4-5H2,1-3H3. The lowest BCUT2D eigenvalue weighted by molar-refractivity contribution is 0.0167. The van der Waals surface area contributed by atoms with Gasteiger partial charge in [0, 0.05) is 4.88 Å². The molecule has 0 radical (unpaired) electrons. The molecule has 102 valence electrons. The van der Waals surface area contributed by atoms with Gasteiger partial charge in [-0.05, 0) is 55.6 Å². The van der Waals surface area contributed by atoms with Gasteiger partial charge in [-0.15, -0.1) is 11.3 Å². The zero-order chi connectivity index (χ0) is 14.0. The number of carbonyl (C=O) groups is 2. The van der Waals surface area contributed by atoms with E-state index in [9.17, 15) is 9.59 Å². The molecule has 1 aromatic heterocycles. The molecular weight excluding hydrogens is 330 g/mol. The fourth-order valence-corrected chi connectivity index (χ4v) is 4.24. The lowest BCUT2D eigenvalue weighted by Crippen LogP contribution is -2.42. The van der Waals surface area contributed by atoms with Crippen LogP contribution in [-0.2, 0) is 10.3 Å². The fraction of sp³-hybridized carbons (Fsp3) is 0.538. The summed E-state index contributed by atoms with van der Waals surface area (Å²) in [5, 5.41) is 0. The first-order chi connectivity index (χ1) is 8.74. The van der Waals surface area contributed by atoms with E-state index in [0.29, 0.717) is 5.56 Å². The van der Waals surface area contributed by atoms with E-state index in [1.165, 1.54) is 16.2 Å². The number of rotatable bonds is 0. The first-order valence-corrected chi connectivity index (χ1v) is 7.73. The lowest BCUT2D eigenvalue weighted by atomic mass is 10.2. The second-order valence-corrected chi connectivity index (χ2v) is 8.38. The van der Waals surface area contributed by atoms with Crippen molar-refractivity contribution >= 4 is 39.3 Å². The Kier molecular flexibility index (Phi) is 2.64. The molecule has 1 spiro atoms. The van der Waals surface area contributed by atoms with Crippen molar-refractivity contribution in [1.82, 2.24) is 4.90 Å². The van der Waals surface area contributed by atoms with E-state index >= 15 is 0 Å². The highest BCUT2D eigenvalue weighted by atomic mass is 79.9. The summed E-state index contributed by atoms with van der Waals surface area (Å²) in [6.07, 6.45) is 1.13. The largest absolute Gasteiger partial charge is 0.443 e. The number of ether oxygens (including phenoxy) is 1. The molecule has 0 bridgehead atoms. The fourth-order valence-electron chi connectivity index (χ4n) is 2.42. The molecule has 1 saturated carbocycles. The third kappa shape index (κ3) is 1.92. The van der Waals surface area contributed by atoms with Crippen LogP contribution in [0, 0.1) is 0 Å². The molecule has 0 atom stereocenters. The van der Waals surface area contributed by atoms with Gasteiger partial charge in [-0.1, -0.05) is 0 Å². The van der Waals surface area contributed by atoms with Gasteiger partial charge in [0.05, 0.1) is 14.9 Å². The van der Waals surface area contributed by atoms with Crippen LogP contribution in [0.25, 0.3) is 0 Å². The average molecular weight is 344 g/mol. The number of nitrogens with zero attached hydrogens (tertiary/aromatic N) is 1. The van der Waals surface area contributed by atoms with E-state index in [1.54, 1.807) is 26.8 Å². The second kappa shape index (κ2) is 3.82. The maximum Gasteiger partial charge on any atom is 0.418 e. The zero-order valence-corrected chi connectivity index (χ0v) is 13.4. The number of fused-ring (bicyclic) bond motifs is 2. The molecule has 1 aliphatic heterocycles. The molecule has 6 heteroatoms. The number of amides is 2. The van der Waals surface area contributed by atoms with Gasteiger partial charge >= 0.3 is 6.09 Å². The van der Waals surface area contributed by atoms with Crippen LogP contribution in [0.15, 0.2) is 9.85 Å². The molecule has 4 nitrogen and oxygen atoms in total. The van der Waals surface area contributed by atoms with Crippen LogP contribution >= 0.6 is 27.3 Å². The summed E-state index contributed by atoms with van der Waals surface area (Å²) in [6, 6.07) is 1.80. The molecule has 3 rings (SSSR count). The molecule has 1 fully saturated rings. The van der Waals surface area contributed by atoms with Gasteiger partial charge < -0.3 is 4.74 Å². The Morgan fingerprint density at radius 1 is 1.47 bits per heavy atom. The highest BCUT2D eigenvalue weighted by Crippen LogP contribution is 2.59. The molecule has 0 N–H and O–H groups in total. The zero-order valence-electron chi connectivity index (χ0n) is 10.9. The third-order valence-corrected chi connectivity index (χ3v) is 5.12. The van der Waals surface area contributed by atoms with E-state index < -0.39 is 17.2 Å². The van der Waals surface area contributed by atoms with Crippen LogP contribution < -0.4 is 0 Å². The predicted molar refractivity (Wildman–Crippen MR) is 75.3 cm³/mol. The van der Waals surface area contributed by atoms with Crippen molar-refractivity contribution < 1.29 is 14.3 Å². The van der Waals surface area contributed by atoms with Crippen LogP contribution in [0.4, 0.5) is 4.79 Å². The molecule has 0 aromatic carbocycles. The minimum absolute atomic E-state index is 0.233. The second-order valence-electron chi connectivity index (χ2n) is 5.95. The van der Waals surface area contributed by atoms with E-state index in [0.717, 1.165) is 21.5 Å². The van der Waals surface area contributed by atoms with Crippen molar-refractivity contribution in [2.24, 2.45) is 0 Å². The Hall–Kier alpha value is -0.880. The van der Waals surface area contributed by atoms with Gasteiger partial charge in [0.2, 0.25) is 0 Å². The summed E-state index contributed by atoms with van der Waals surface area (Å²) in [5.41, 5.74) is -0.379. The quantitative estimate of drug-likeness (QED) is 0.717. The van der Waals surface area contributed by atoms with Crippen molar-refractivity contribution in [3.05, 3.63) is 20.3 Å². The van der Waals surface area contributed by atoms with Crippen molar-refractivity contribution in [1.29, 1.82) is 0 Å².